The van der Waals surface area contributed by atoms with Gasteiger partial charge in [-0.1, -0.05) is 48.0 Å². The average molecular weight is 430 g/mol. The number of hydrogen-bond donors (Lipinski definition) is 0. The van der Waals surface area contributed by atoms with Crippen molar-refractivity contribution in [3.05, 3.63) is 83.5 Å². The molecule has 3 heterocycles. The molecule has 1 amide bonds. The maximum Gasteiger partial charge on any atom is 0.272 e. The highest BCUT2D eigenvalue weighted by Gasteiger charge is 2.24. The first-order valence-electron chi connectivity index (χ1n) is 10.2. The summed E-state index contributed by atoms with van der Waals surface area (Å²) in [5.41, 5.74) is 3.10. The second-order valence-electron chi connectivity index (χ2n) is 7.45. The summed E-state index contributed by atoms with van der Waals surface area (Å²) in [4.78, 5) is 21.5. The maximum absolute atomic E-state index is 12.9. The van der Waals surface area contributed by atoms with Crippen LogP contribution in [-0.2, 0) is 0 Å². The van der Waals surface area contributed by atoms with Gasteiger partial charge in [0.25, 0.3) is 5.91 Å². The molecule has 0 spiro atoms. The van der Waals surface area contributed by atoms with E-state index < -0.39 is 0 Å². The lowest BCUT2D eigenvalue weighted by molar-refractivity contribution is 0.0741. The van der Waals surface area contributed by atoms with E-state index in [4.69, 9.17) is 11.6 Å². The van der Waals surface area contributed by atoms with Gasteiger partial charge in [-0.3, -0.25) is 4.79 Å². The van der Waals surface area contributed by atoms with Crippen LogP contribution in [0.5, 0.6) is 0 Å². The predicted octanol–water partition coefficient (Wildman–Crippen LogP) is 4.31. The first-order valence-corrected chi connectivity index (χ1v) is 10.5. The molecule has 0 unspecified atom stereocenters. The number of fused-ring (bicyclic) bond motifs is 1. The Bertz CT molecular complexity index is 1220. The molecule has 1 aliphatic rings. The van der Waals surface area contributed by atoms with Crippen molar-refractivity contribution in [3.8, 4) is 11.3 Å². The number of benzene rings is 2. The summed E-state index contributed by atoms with van der Waals surface area (Å²) in [5.74, 6) is 0.781. The van der Waals surface area contributed by atoms with Crippen molar-refractivity contribution in [2.24, 2.45) is 0 Å². The largest absolute Gasteiger partial charge is 0.352 e. The minimum Gasteiger partial charge on any atom is -0.352 e. The number of anilines is 1. The summed E-state index contributed by atoms with van der Waals surface area (Å²) >= 11 is 5.95. The standard InChI is InChI=1S/C24H20ClN5O/c25-19-8-5-18(6-9-19)21-11-12-23(28-27-21)29-13-15-30(16-14-29)24(31)22-10-7-17-3-1-2-4-20(17)26-22/h1-12H,13-16H2. The van der Waals surface area contributed by atoms with Gasteiger partial charge in [0.2, 0.25) is 0 Å². The highest BCUT2D eigenvalue weighted by molar-refractivity contribution is 6.30. The zero-order valence-electron chi connectivity index (χ0n) is 16.8. The van der Waals surface area contributed by atoms with Gasteiger partial charge >= 0.3 is 0 Å². The summed E-state index contributed by atoms with van der Waals surface area (Å²) in [6.45, 7) is 2.64. The molecule has 0 aliphatic carbocycles. The highest BCUT2D eigenvalue weighted by Crippen LogP contribution is 2.21. The first-order chi connectivity index (χ1) is 15.2. The van der Waals surface area contributed by atoms with Crippen LogP contribution in [0.2, 0.25) is 5.02 Å². The molecule has 0 bridgehead atoms. The van der Waals surface area contributed by atoms with Crippen molar-refractivity contribution in [1.82, 2.24) is 20.1 Å². The van der Waals surface area contributed by atoms with Gasteiger partial charge in [-0.05, 0) is 36.4 Å². The third kappa shape index (κ3) is 4.07. The Kier molecular flexibility index (Phi) is 5.22. The molecule has 1 saturated heterocycles. The lowest BCUT2D eigenvalue weighted by Gasteiger charge is -2.35. The fraction of sp³-hybridized carbons (Fsp3) is 0.167. The van der Waals surface area contributed by atoms with E-state index in [2.05, 4.69) is 20.1 Å². The van der Waals surface area contributed by atoms with Gasteiger partial charge in [0.05, 0.1) is 11.2 Å². The quantitative estimate of drug-likeness (QED) is 0.485. The molecule has 2 aromatic carbocycles. The number of halogens is 1. The fourth-order valence-electron chi connectivity index (χ4n) is 3.75. The monoisotopic (exact) mass is 429 g/mol. The van der Waals surface area contributed by atoms with Crippen LogP contribution in [0.3, 0.4) is 0 Å². The van der Waals surface area contributed by atoms with Crippen molar-refractivity contribution in [2.45, 2.75) is 0 Å². The summed E-state index contributed by atoms with van der Waals surface area (Å²) < 4.78 is 0. The SMILES string of the molecule is O=C(c1ccc2ccccc2n1)N1CCN(c2ccc(-c3ccc(Cl)cc3)nn2)CC1. The van der Waals surface area contributed by atoms with Gasteiger partial charge in [0.15, 0.2) is 5.82 Å². The Morgan fingerprint density at radius 2 is 1.58 bits per heavy atom. The van der Waals surface area contributed by atoms with Crippen LogP contribution in [0, 0.1) is 0 Å². The van der Waals surface area contributed by atoms with Crippen LogP contribution >= 0.6 is 11.6 Å². The Balaban J connectivity index is 1.24. The van der Waals surface area contributed by atoms with E-state index in [1.165, 1.54) is 0 Å². The van der Waals surface area contributed by atoms with Crippen molar-refractivity contribution >= 4 is 34.2 Å². The van der Waals surface area contributed by atoms with Gasteiger partial charge < -0.3 is 9.80 Å². The maximum atomic E-state index is 12.9. The molecule has 1 fully saturated rings. The lowest BCUT2D eigenvalue weighted by atomic mass is 10.1. The fourth-order valence-corrected chi connectivity index (χ4v) is 3.88. The first kappa shape index (κ1) is 19.5. The molecule has 31 heavy (non-hydrogen) atoms. The zero-order chi connectivity index (χ0) is 21.2. The van der Waals surface area contributed by atoms with E-state index >= 15 is 0 Å². The van der Waals surface area contributed by atoms with Gasteiger partial charge in [-0.2, -0.15) is 0 Å². The van der Waals surface area contributed by atoms with Crippen LogP contribution in [0.25, 0.3) is 22.2 Å². The number of aromatic nitrogens is 3. The van der Waals surface area contributed by atoms with E-state index in [1.807, 2.05) is 71.6 Å². The second kappa shape index (κ2) is 8.32. The van der Waals surface area contributed by atoms with Crippen molar-refractivity contribution in [1.29, 1.82) is 0 Å². The Labute approximate surface area is 185 Å². The van der Waals surface area contributed by atoms with E-state index in [0.717, 1.165) is 28.0 Å². The normalized spacial score (nSPS) is 14.1. The third-order valence-corrected chi connectivity index (χ3v) is 5.75. The van der Waals surface area contributed by atoms with E-state index in [1.54, 1.807) is 6.07 Å². The van der Waals surface area contributed by atoms with Crippen molar-refractivity contribution in [3.63, 3.8) is 0 Å². The topological polar surface area (TPSA) is 62.2 Å². The van der Waals surface area contributed by atoms with E-state index in [0.29, 0.717) is 36.9 Å². The van der Waals surface area contributed by atoms with Crippen LogP contribution in [-0.4, -0.2) is 52.2 Å². The molecule has 0 N–H and O–H groups in total. The molecule has 0 radical (unpaired) electrons. The highest BCUT2D eigenvalue weighted by atomic mass is 35.5. The molecule has 0 saturated carbocycles. The minimum atomic E-state index is -0.0328. The number of nitrogens with zero attached hydrogens (tertiary/aromatic N) is 5. The van der Waals surface area contributed by atoms with Crippen molar-refractivity contribution in [2.75, 3.05) is 31.1 Å². The number of pyridine rings is 1. The molecular formula is C24H20ClN5O. The predicted molar refractivity (Wildman–Crippen MR) is 122 cm³/mol. The molecule has 1 aliphatic heterocycles. The number of hydrogen-bond acceptors (Lipinski definition) is 5. The van der Waals surface area contributed by atoms with Crippen LogP contribution in [0.1, 0.15) is 10.5 Å². The Morgan fingerprint density at radius 3 is 2.32 bits per heavy atom. The number of carbonyl (C=O) groups is 1. The molecule has 6 nitrogen and oxygen atoms in total. The van der Waals surface area contributed by atoms with Gasteiger partial charge in [0.1, 0.15) is 5.69 Å². The lowest BCUT2D eigenvalue weighted by Crippen LogP contribution is -2.49. The van der Waals surface area contributed by atoms with Gasteiger partial charge in [0, 0.05) is 42.2 Å². The minimum absolute atomic E-state index is 0.0328. The van der Waals surface area contributed by atoms with Gasteiger partial charge in [-0.15, -0.1) is 10.2 Å². The average Bonchev–Trinajstić information content (AvgIpc) is 2.84. The molecule has 5 rings (SSSR count). The molecule has 4 aromatic rings. The summed E-state index contributed by atoms with van der Waals surface area (Å²) in [5, 5.41) is 10.5. The number of amides is 1. The summed E-state index contributed by atoms with van der Waals surface area (Å²) in [7, 11) is 0. The number of piperazine rings is 1. The molecule has 154 valence electrons. The summed E-state index contributed by atoms with van der Waals surface area (Å²) in [6, 6.07) is 23.0. The zero-order valence-corrected chi connectivity index (χ0v) is 17.5. The van der Waals surface area contributed by atoms with E-state index in [9.17, 15) is 4.79 Å². The third-order valence-electron chi connectivity index (χ3n) is 5.50. The molecular weight excluding hydrogens is 410 g/mol. The second-order valence-corrected chi connectivity index (χ2v) is 7.89. The number of para-hydroxylation sites is 1. The van der Waals surface area contributed by atoms with Gasteiger partial charge in [-0.25, -0.2) is 4.98 Å². The Hall–Kier alpha value is -3.51. The number of carbonyl (C=O) groups excluding carboxylic acids is 1. The molecule has 2 aromatic heterocycles. The smallest absolute Gasteiger partial charge is 0.272 e. The molecule has 7 heteroatoms. The Morgan fingerprint density at radius 1 is 0.806 bits per heavy atom. The van der Waals surface area contributed by atoms with Crippen LogP contribution in [0.4, 0.5) is 5.82 Å². The van der Waals surface area contributed by atoms with Crippen LogP contribution in [0.15, 0.2) is 72.8 Å². The van der Waals surface area contributed by atoms with Crippen molar-refractivity contribution < 1.29 is 4.79 Å². The number of rotatable bonds is 3. The summed E-state index contributed by atoms with van der Waals surface area (Å²) in [6.07, 6.45) is 0. The van der Waals surface area contributed by atoms with Crippen LogP contribution < -0.4 is 4.90 Å². The molecule has 0 atom stereocenters. The van der Waals surface area contributed by atoms with E-state index in [-0.39, 0.29) is 5.91 Å².